The Morgan fingerprint density at radius 2 is 1.84 bits per heavy atom. The maximum atomic E-state index is 13.4. The van der Waals surface area contributed by atoms with Crippen LogP contribution in [0.2, 0.25) is 0 Å². The highest BCUT2D eigenvalue weighted by Crippen LogP contribution is 2.36. The molecule has 1 N–H and O–H groups in total. The van der Waals surface area contributed by atoms with Crippen molar-refractivity contribution in [3.05, 3.63) is 59.7 Å². The number of carbonyl (C=O) groups excluding carboxylic acids is 2. The molecule has 0 spiro atoms. The minimum atomic E-state index is -0.0460. The number of benzene rings is 2. The number of rotatable bonds is 4. The molecule has 2 aliphatic rings. The van der Waals surface area contributed by atoms with Crippen molar-refractivity contribution < 1.29 is 14.3 Å². The number of likely N-dealkylation sites (tertiary alicyclic amines) is 1. The van der Waals surface area contributed by atoms with Gasteiger partial charge in [0.2, 0.25) is 5.91 Å². The first kappa shape index (κ1) is 21.2. The van der Waals surface area contributed by atoms with Crippen molar-refractivity contribution in [1.29, 1.82) is 0 Å². The molecule has 2 aliphatic heterocycles. The van der Waals surface area contributed by atoms with Crippen molar-refractivity contribution in [1.82, 2.24) is 10.2 Å². The number of hydrogen-bond donors (Lipinski definition) is 1. The Labute approximate surface area is 184 Å². The van der Waals surface area contributed by atoms with Gasteiger partial charge in [-0.1, -0.05) is 43.3 Å². The number of amides is 3. The molecular formula is C25H31N3O3. The minimum absolute atomic E-state index is 0.000425. The smallest absolute Gasteiger partial charge is 0.324 e. The lowest BCUT2D eigenvalue weighted by atomic mass is 9.96. The fraction of sp³-hybridized carbons (Fsp3) is 0.440. The molecule has 4 rings (SSSR count). The second kappa shape index (κ2) is 9.41. The van der Waals surface area contributed by atoms with Crippen LogP contribution in [-0.4, -0.2) is 42.6 Å². The topological polar surface area (TPSA) is 61.9 Å². The number of urea groups is 1. The van der Waals surface area contributed by atoms with Gasteiger partial charge in [0, 0.05) is 25.6 Å². The number of carbonyl (C=O) groups is 2. The van der Waals surface area contributed by atoms with Gasteiger partial charge in [-0.05, 0) is 49.4 Å². The summed E-state index contributed by atoms with van der Waals surface area (Å²) in [6.45, 7) is 6.39. The van der Waals surface area contributed by atoms with Gasteiger partial charge in [0.15, 0.2) is 0 Å². The van der Waals surface area contributed by atoms with Crippen LogP contribution in [0.15, 0.2) is 48.5 Å². The van der Waals surface area contributed by atoms with E-state index in [1.165, 1.54) is 0 Å². The number of aryl methyl sites for hydroxylation is 1. The number of nitrogens with zero attached hydrogens (tertiary/aromatic N) is 2. The Morgan fingerprint density at radius 1 is 1.10 bits per heavy atom. The number of ether oxygens (including phenoxy) is 1. The number of anilines is 1. The van der Waals surface area contributed by atoms with E-state index in [1.54, 1.807) is 0 Å². The summed E-state index contributed by atoms with van der Waals surface area (Å²) in [4.78, 5) is 29.7. The van der Waals surface area contributed by atoms with Crippen LogP contribution in [0.1, 0.15) is 37.3 Å². The summed E-state index contributed by atoms with van der Waals surface area (Å²) in [6.07, 6.45) is 2.23. The van der Waals surface area contributed by atoms with E-state index in [2.05, 4.69) is 12.2 Å². The summed E-state index contributed by atoms with van der Waals surface area (Å²) in [7, 11) is 0. The SMILES string of the molecule is CC[C@@H]1CN(C(=O)N2CCC(C(=O)NCc3ccccc3)CC2)c2cc(C)ccc2O1. The van der Waals surface area contributed by atoms with Crippen molar-refractivity contribution in [3.63, 3.8) is 0 Å². The van der Waals surface area contributed by atoms with Gasteiger partial charge in [0.1, 0.15) is 11.9 Å². The van der Waals surface area contributed by atoms with Gasteiger partial charge in [-0.2, -0.15) is 0 Å². The van der Waals surface area contributed by atoms with Gasteiger partial charge in [-0.15, -0.1) is 0 Å². The molecule has 0 saturated carbocycles. The van der Waals surface area contributed by atoms with Crippen molar-refractivity contribution >= 4 is 17.6 Å². The standard InChI is InChI=1S/C25H31N3O3/c1-3-21-17-28(22-15-18(2)9-10-23(22)31-21)25(30)27-13-11-20(12-14-27)24(29)26-16-19-7-5-4-6-8-19/h4-10,15,20-21H,3,11-14,16-17H2,1-2H3,(H,26,29)/t21-/m1/s1. The van der Waals surface area contributed by atoms with Gasteiger partial charge < -0.3 is 15.0 Å². The monoisotopic (exact) mass is 421 g/mol. The van der Waals surface area contributed by atoms with E-state index in [1.807, 2.05) is 65.3 Å². The normalized spacial score (nSPS) is 18.8. The van der Waals surface area contributed by atoms with Crippen LogP contribution in [0.5, 0.6) is 5.75 Å². The molecule has 2 aromatic carbocycles. The third-order valence-corrected chi connectivity index (χ3v) is 6.22. The second-order valence-corrected chi connectivity index (χ2v) is 8.48. The zero-order valence-electron chi connectivity index (χ0n) is 18.3. The Bertz CT molecular complexity index is 923. The molecule has 0 unspecified atom stereocenters. The fourth-order valence-electron chi connectivity index (χ4n) is 4.28. The van der Waals surface area contributed by atoms with Crippen LogP contribution in [-0.2, 0) is 11.3 Å². The molecule has 1 atom stereocenters. The molecule has 2 heterocycles. The zero-order chi connectivity index (χ0) is 21.8. The van der Waals surface area contributed by atoms with Crippen molar-refractivity contribution in [3.8, 4) is 5.75 Å². The molecule has 0 aliphatic carbocycles. The average Bonchev–Trinajstić information content (AvgIpc) is 2.82. The lowest BCUT2D eigenvalue weighted by Gasteiger charge is -2.39. The van der Waals surface area contributed by atoms with Crippen LogP contribution in [0.25, 0.3) is 0 Å². The van der Waals surface area contributed by atoms with Crippen molar-refractivity contribution in [2.45, 2.75) is 45.8 Å². The molecular weight excluding hydrogens is 390 g/mol. The molecule has 3 amide bonds. The van der Waals surface area contributed by atoms with Crippen LogP contribution in [0.3, 0.4) is 0 Å². The highest BCUT2D eigenvalue weighted by atomic mass is 16.5. The summed E-state index contributed by atoms with van der Waals surface area (Å²) in [5, 5.41) is 3.04. The van der Waals surface area contributed by atoms with Crippen LogP contribution in [0, 0.1) is 12.8 Å². The van der Waals surface area contributed by atoms with Crippen LogP contribution < -0.4 is 15.0 Å². The highest BCUT2D eigenvalue weighted by Gasteiger charge is 2.34. The summed E-state index contributed by atoms with van der Waals surface area (Å²) in [6, 6.07) is 15.9. The Morgan fingerprint density at radius 3 is 2.55 bits per heavy atom. The third-order valence-electron chi connectivity index (χ3n) is 6.22. The fourth-order valence-corrected chi connectivity index (χ4v) is 4.28. The summed E-state index contributed by atoms with van der Waals surface area (Å²) in [5.41, 5.74) is 3.04. The zero-order valence-corrected chi connectivity index (χ0v) is 18.3. The predicted molar refractivity (Wildman–Crippen MR) is 121 cm³/mol. The second-order valence-electron chi connectivity index (χ2n) is 8.48. The van der Waals surface area contributed by atoms with Crippen molar-refractivity contribution in [2.75, 3.05) is 24.5 Å². The summed E-state index contributed by atoms with van der Waals surface area (Å²) in [5.74, 6) is 0.803. The van der Waals surface area contributed by atoms with Crippen LogP contribution >= 0.6 is 0 Å². The summed E-state index contributed by atoms with van der Waals surface area (Å²) >= 11 is 0. The minimum Gasteiger partial charge on any atom is -0.486 e. The maximum absolute atomic E-state index is 13.4. The molecule has 6 heteroatoms. The maximum Gasteiger partial charge on any atom is 0.324 e. The van der Waals surface area contributed by atoms with Gasteiger partial charge in [-0.3, -0.25) is 9.69 Å². The van der Waals surface area contributed by atoms with E-state index in [4.69, 9.17) is 4.74 Å². The number of fused-ring (bicyclic) bond motifs is 1. The van der Waals surface area contributed by atoms with E-state index in [-0.39, 0.29) is 24.0 Å². The lowest BCUT2D eigenvalue weighted by molar-refractivity contribution is -0.126. The van der Waals surface area contributed by atoms with Gasteiger partial charge >= 0.3 is 6.03 Å². The molecule has 1 fully saturated rings. The number of hydrogen-bond acceptors (Lipinski definition) is 3. The van der Waals surface area contributed by atoms with E-state index >= 15 is 0 Å². The van der Waals surface area contributed by atoms with Gasteiger partial charge in [0.25, 0.3) is 0 Å². The molecule has 0 aromatic heterocycles. The average molecular weight is 422 g/mol. The largest absolute Gasteiger partial charge is 0.486 e. The predicted octanol–water partition coefficient (Wildman–Crippen LogP) is 4.12. The molecule has 2 aromatic rings. The number of nitrogens with one attached hydrogen (secondary N) is 1. The quantitative estimate of drug-likeness (QED) is 0.808. The molecule has 164 valence electrons. The molecule has 1 saturated heterocycles. The first-order chi connectivity index (χ1) is 15.0. The lowest BCUT2D eigenvalue weighted by Crippen LogP contribution is -2.52. The first-order valence-electron chi connectivity index (χ1n) is 11.2. The van der Waals surface area contributed by atoms with Crippen molar-refractivity contribution in [2.24, 2.45) is 5.92 Å². The Hall–Kier alpha value is -3.02. The Kier molecular flexibility index (Phi) is 6.44. The Balaban J connectivity index is 1.36. The third kappa shape index (κ3) is 4.84. The molecule has 0 bridgehead atoms. The van der Waals surface area contributed by atoms with Gasteiger partial charge in [-0.25, -0.2) is 4.79 Å². The molecule has 31 heavy (non-hydrogen) atoms. The van der Waals surface area contributed by atoms with E-state index in [0.29, 0.717) is 39.0 Å². The van der Waals surface area contributed by atoms with Crippen LogP contribution in [0.4, 0.5) is 10.5 Å². The molecule has 0 radical (unpaired) electrons. The van der Waals surface area contributed by atoms with E-state index < -0.39 is 0 Å². The van der Waals surface area contributed by atoms with E-state index in [0.717, 1.165) is 29.0 Å². The number of piperidine rings is 1. The van der Waals surface area contributed by atoms with Gasteiger partial charge in [0.05, 0.1) is 12.2 Å². The molecule has 6 nitrogen and oxygen atoms in total. The van der Waals surface area contributed by atoms with E-state index in [9.17, 15) is 9.59 Å². The first-order valence-corrected chi connectivity index (χ1v) is 11.2. The summed E-state index contributed by atoms with van der Waals surface area (Å²) < 4.78 is 6.05. The highest BCUT2D eigenvalue weighted by molar-refractivity contribution is 5.94.